The minimum Gasteiger partial charge on any atom is -0.494 e. The molecule has 1 aliphatic rings. The van der Waals surface area contributed by atoms with E-state index in [1.54, 1.807) is 0 Å². The van der Waals surface area contributed by atoms with Gasteiger partial charge in [0.15, 0.2) is 11.6 Å². The Kier molecular flexibility index (Phi) is 4.79. The molecule has 21 heavy (non-hydrogen) atoms. The third kappa shape index (κ3) is 3.70. The number of nitrogens with one attached hydrogen (secondary N) is 2. The van der Waals surface area contributed by atoms with Crippen LogP contribution in [0.2, 0.25) is 0 Å². The standard InChI is InChI=1S/C13H17FN2O4S/c1-20-12-6-5-9(8-10(12)14)21(18,19)16-11-4-2-3-7-15-13(11)17/h5-6,8,11,16H,2-4,7H2,1H3,(H,15,17)/t11-/m1/s1. The number of hydrogen-bond donors (Lipinski definition) is 2. The molecule has 0 aromatic heterocycles. The van der Waals surface area contributed by atoms with Gasteiger partial charge in [0.25, 0.3) is 0 Å². The van der Waals surface area contributed by atoms with Crippen LogP contribution in [-0.4, -0.2) is 34.0 Å². The third-order valence-corrected chi connectivity index (χ3v) is 4.74. The van der Waals surface area contributed by atoms with E-state index in [4.69, 9.17) is 4.74 Å². The molecule has 1 aromatic carbocycles. The van der Waals surface area contributed by atoms with Gasteiger partial charge in [-0.1, -0.05) is 0 Å². The Balaban J connectivity index is 2.21. The Morgan fingerprint density at radius 1 is 1.38 bits per heavy atom. The lowest BCUT2D eigenvalue weighted by Crippen LogP contribution is -2.45. The Hall–Kier alpha value is -1.67. The van der Waals surface area contributed by atoms with Crippen LogP contribution >= 0.6 is 0 Å². The minimum atomic E-state index is -3.96. The van der Waals surface area contributed by atoms with Gasteiger partial charge in [-0.15, -0.1) is 0 Å². The number of amides is 1. The van der Waals surface area contributed by atoms with Crippen molar-refractivity contribution in [2.45, 2.75) is 30.2 Å². The highest BCUT2D eigenvalue weighted by Gasteiger charge is 2.27. The molecule has 6 nitrogen and oxygen atoms in total. The highest BCUT2D eigenvalue weighted by Crippen LogP contribution is 2.21. The monoisotopic (exact) mass is 316 g/mol. The van der Waals surface area contributed by atoms with Crippen LogP contribution in [0.1, 0.15) is 19.3 Å². The average molecular weight is 316 g/mol. The molecule has 2 N–H and O–H groups in total. The topological polar surface area (TPSA) is 84.5 Å². The van der Waals surface area contributed by atoms with Crippen LogP contribution in [0.3, 0.4) is 0 Å². The molecule has 1 aliphatic heterocycles. The van der Waals surface area contributed by atoms with Crippen molar-refractivity contribution >= 4 is 15.9 Å². The number of methoxy groups -OCH3 is 1. The maximum atomic E-state index is 13.6. The fourth-order valence-corrected chi connectivity index (χ4v) is 3.36. The summed E-state index contributed by atoms with van der Waals surface area (Å²) in [6.07, 6.45) is 1.97. The molecular formula is C13H17FN2O4S. The average Bonchev–Trinajstić information content (AvgIpc) is 2.64. The molecule has 1 aromatic rings. The van der Waals surface area contributed by atoms with Crippen molar-refractivity contribution in [2.75, 3.05) is 13.7 Å². The highest BCUT2D eigenvalue weighted by molar-refractivity contribution is 7.89. The quantitative estimate of drug-likeness (QED) is 0.860. The smallest absolute Gasteiger partial charge is 0.241 e. The van der Waals surface area contributed by atoms with E-state index in [1.165, 1.54) is 19.2 Å². The number of sulfonamides is 1. The molecule has 0 saturated carbocycles. The predicted octanol–water partition coefficient (Wildman–Crippen LogP) is 0.781. The largest absolute Gasteiger partial charge is 0.494 e. The molecule has 1 atom stereocenters. The maximum absolute atomic E-state index is 13.6. The molecular weight excluding hydrogens is 299 g/mol. The molecule has 0 unspecified atom stereocenters. The Labute approximate surface area is 122 Å². The summed E-state index contributed by atoms with van der Waals surface area (Å²) in [6, 6.07) is 2.51. The number of rotatable bonds is 4. The van der Waals surface area contributed by atoms with Gasteiger partial charge in [-0.05, 0) is 37.5 Å². The summed E-state index contributed by atoms with van der Waals surface area (Å²) >= 11 is 0. The molecule has 0 bridgehead atoms. The van der Waals surface area contributed by atoms with Crippen LogP contribution in [0.15, 0.2) is 23.1 Å². The molecule has 0 radical (unpaired) electrons. The first-order chi connectivity index (χ1) is 9.94. The summed E-state index contributed by atoms with van der Waals surface area (Å²) in [7, 11) is -2.67. The van der Waals surface area contributed by atoms with Crippen LogP contribution in [0.5, 0.6) is 5.75 Å². The van der Waals surface area contributed by atoms with Gasteiger partial charge < -0.3 is 10.1 Å². The number of ether oxygens (including phenoxy) is 1. The summed E-state index contributed by atoms with van der Waals surface area (Å²) < 4.78 is 45.1. The lowest BCUT2D eigenvalue weighted by Gasteiger charge is -2.15. The van der Waals surface area contributed by atoms with Crippen LogP contribution in [0.25, 0.3) is 0 Å². The molecule has 1 saturated heterocycles. The van der Waals surface area contributed by atoms with Gasteiger partial charge in [-0.2, -0.15) is 4.72 Å². The van der Waals surface area contributed by atoms with Crippen molar-refractivity contribution < 1.29 is 22.3 Å². The van der Waals surface area contributed by atoms with E-state index in [2.05, 4.69) is 10.0 Å². The number of carbonyl (C=O) groups is 1. The molecule has 1 amide bonds. The Bertz CT molecular complexity index is 633. The zero-order valence-electron chi connectivity index (χ0n) is 11.6. The van der Waals surface area contributed by atoms with Crippen molar-refractivity contribution in [1.82, 2.24) is 10.0 Å². The van der Waals surface area contributed by atoms with Crippen molar-refractivity contribution in [3.8, 4) is 5.75 Å². The molecule has 1 heterocycles. The first-order valence-electron chi connectivity index (χ1n) is 6.57. The molecule has 2 rings (SSSR count). The molecule has 116 valence electrons. The molecule has 8 heteroatoms. The van der Waals surface area contributed by atoms with Gasteiger partial charge in [-0.3, -0.25) is 4.79 Å². The van der Waals surface area contributed by atoms with Crippen LogP contribution in [0, 0.1) is 5.82 Å². The number of halogens is 1. The first kappa shape index (κ1) is 15.7. The van der Waals surface area contributed by atoms with Gasteiger partial charge in [-0.25, -0.2) is 12.8 Å². The van der Waals surface area contributed by atoms with Gasteiger partial charge in [0.2, 0.25) is 15.9 Å². The summed E-state index contributed by atoms with van der Waals surface area (Å²) in [5.41, 5.74) is 0. The second-order valence-electron chi connectivity index (χ2n) is 4.76. The van der Waals surface area contributed by atoms with Gasteiger partial charge in [0, 0.05) is 6.54 Å². The van der Waals surface area contributed by atoms with E-state index in [0.29, 0.717) is 13.0 Å². The Morgan fingerprint density at radius 2 is 2.14 bits per heavy atom. The van der Waals surface area contributed by atoms with Gasteiger partial charge >= 0.3 is 0 Å². The van der Waals surface area contributed by atoms with Crippen LogP contribution < -0.4 is 14.8 Å². The van der Waals surface area contributed by atoms with Crippen molar-refractivity contribution in [2.24, 2.45) is 0 Å². The first-order valence-corrected chi connectivity index (χ1v) is 8.06. The fourth-order valence-electron chi connectivity index (χ4n) is 2.12. The van der Waals surface area contributed by atoms with E-state index in [0.717, 1.165) is 18.9 Å². The maximum Gasteiger partial charge on any atom is 0.241 e. The van der Waals surface area contributed by atoms with E-state index in [1.807, 2.05) is 0 Å². The predicted molar refractivity (Wildman–Crippen MR) is 73.9 cm³/mol. The van der Waals surface area contributed by atoms with Crippen LogP contribution in [0.4, 0.5) is 4.39 Å². The van der Waals surface area contributed by atoms with Gasteiger partial charge in [0.1, 0.15) is 6.04 Å². The fraction of sp³-hybridized carbons (Fsp3) is 0.462. The summed E-state index contributed by atoms with van der Waals surface area (Å²) in [5.74, 6) is -1.17. The molecule has 0 aliphatic carbocycles. The van der Waals surface area contributed by atoms with Crippen molar-refractivity contribution in [1.29, 1.82) is 0 Å². The molecule has 1 fully saturated rings. The summed E-state index contributed by atoms with van der Waals surface area (Å²) in [4.78, 5) is 11.5. The van der Waals surface area contributed by atoms with Crippen molar-refractivity contribution in [3.63, 3.8) is 0 Å². The van der Waals surface area contributed by atoms with Crippen molar-refractivity contribution in [3.05, 3.63) is 24.0 Å². The lowest BCUT2D eigenvalue weighted by molar-refractivity contribution is -0.122. The summed E-state index contributed by atoms with van der Waals surface area (Å²) in [6.45, 7) is 0.536. The molecule has 0 spiro atoms. The summed E-state index contributed by atoms with van der Waals surface area (Å²) in [5, 5.41) is 2.64. The number of hydrogen-bond acceptors (Lipinski definition) is 4. The SMILES string of the molecule is COc1ccc(S(=O)(=O)N[C@@H]2CCCCNC2=O)cc1F. The lowest BCUT2D eigenvalue weighted by atomic mass is 10.1. The van der Waals surface area contributed by atoms with E-state index >= 15 is 0 Å². The third-order valence-electron chi connectivity index (χ3n) is 3.27. The van der Waals surface area contributed by atoms with Crippen LogP contribution in [-0.2, 0) is 14.8 Å². The van der Waals surface area contributed by atoms with E-state index < -0.39 is 21.9 Å². The zero-order chi connectivity index (χ0) is 15.5. The minimum absolute atomic E-state index is 0.0406. The second-order valence-corrected chi connectivity index (χ2v) is 6.47. The van der Waals surface area contributed by atoms with E-state index in [9.17, 15) is 17.6 Å². The highest BCUT2D eigenvalue weighted by atomic mass is 32.2. The van der Waals surface area contributed by atoms with E-state index in [-0.39, 0.29) is 16.6 Å². The number of benzene rings is 1. The Morgan fingerprint density at radius 3 is 2.81 bits per heavy atom. The second kappa shape index (κ2) is 6.40. The zero-order valence-corrected chi connectivity index (χ0v) is 12.4. The van der Waals surface area contributed by atoms with Gasteiger partial charge in [0.05, 0.1) is 12.0 Å². The normalized spacial score (nSPS) is 19.7. The number of carbonyl (C=O) groups excluding carboxylic acids is 1.